The molecule has 1 N–H and O–H groups in total. The average Bonchev–Trinajstić information content (AvgIpc) is 2.35. The van der Waals surface area contributed by atoms with Crippen molar-refractivity contribution in [1.82, 2.24) is 5.32 Å². The molecule has 0 saturated heterocycles. The van der Waals surface area contributed by atoms with Crippen LogP contribution in [-0.4, -0.2) is 6.04 Å². The van der Waals surface area contributed by atoms with Crippen LogP contribution in [0.15, 0.2) is 24.3 Å². The van der Waals surface area contributed by atoms with E-state index in [-0.39, 0.29) is 11.9 Å². The fraction of sp³-hybridized carbons (Fsp3) is 0.684. The molecule has 1 aromatic carbocycles. The molecule has 1 nitrogen and oxygen atoms in total. The van der Waals surface area contributed by atoms with Gasteiger partial charge in [0.15, 0.2) is 0 Å². The van der Waals surface area contributed by atoms with Gasteiger partial charge in [-0.05, 0) is 48.3 Å². The average molecular weight is 293 g/mol. The van der Waals surface area contributed by atoms with Crippen molar-refractivity contribution in [2.75, 3.05) is 0 Å². The minimum Gasteiger partial charge on any atom is -0.307 e. The predicted octanol–water partition coefficient (Wildman–Crippen LogP) is 5.57. The normalized spacial score (nSPS) is 13.7. The van der Waals surface area contributed by atoms with Gasteiger partial charge in [0.2, 0.25) is 0 Å². The minimum absolute atomic E-state index is 0.165. The molecule has 0 aliphatic carbocycles. The second-order valence-electron chi connectivity index (χ2n) is 7.40. The van der Waals surface area contributed by atoms with E-state index in [4.69, 9.17) is 0 Å². The van der Waals surface area contributed by atoms with E-state index >= 15 is 0 Å². The Morgan fingerprint density at radius 1 is 0.857 bits per heavy atom. The molecule has 0 saturated carbocycles. The molecular weight excluding hydrogens is 261 g/mol. The Hall–Kier alpha value is -0.890. The summed E-state index contributed by atoms with van der Waals surface area (Å²) in [4.78, 5) is 0. The van der Waals surface area contributed by atoms with Crippen LogP contribution in [0.2, 0.25) is 0 Å². The maximum Gasteiger partial charge on any atom is 0.123 e. The number of nitrogens with one attached hydrogen (secondary N) is 1. The van der Waals surface area contributed by atoms with E-state index in [9.17, 15) is 4.39 Å². The van der Waals surface area contributed by atoms with Crippen LogP contribution in [0.4, 0.5) is 4.39 Å². The molecular formula is C19H32FN. The number of rotatable bonds is 8. The van der Waals surface area contributed by atoms with Crippen molar-refractivity contribution in [1.29, 1.82) is 0 Å². The summed E-state index contributed by atoms with van der Waals surface area (Å²) < 4.78 is 13.1. The molecule has 2 heteroatoms. The van der Waals surface area contributed by atoms with Gasteiger partial charge in [-0.2, -0.15) is 0 Å². The van der Waals surface area contributed by atoms with E-state index in [1.807, 2.05) is 12.1 Å². The zero-order valence-electron chi connectivity index (χ0n) is 14.5. The molecule has 0 amide bonds. The van der Waals surface area contributed by atoms with Crippen molar-refractivity contribution in [3.8, 4) is 0 Å². The van der Waals surface area contributed by atoms with Gasteiger partial charge in [-0.3, -0.25) is 0 Å². The predicted molar refractivity (Wildman–Crippen MR) is 89.8 cm³/mol. The van der Waals surface area contributed by atoms with Crippen LogP contribution in [0.5, 0.6) is 0 Å². The van der Waals surface area contributed by atoms with Crippen molar-refractivity contribution >= 4 is 0 Å². The highest BCUT2D eigenvalue weighted by Crippen LogP contribution is 2.25. The van der Waals surface area contributed by atoms with E-state index in [1.165, 1.54) is 18.4 Å². The van der Waals surface area contributed by atoms with Gasteiger partial charge in [-0.25, -0.2) is 4.39 Å². The molecule has 1 rings (SSSR count). The Labute approximate surface area is 130 Å². The van der Waals surface area contributed by atoms with Gasteiger partial charge >= 0.3 is 0 Å². The number of halogens is 1. The summed E-state index contributed by atoms with van der Waals surface area (Å²) in [5.41, 5.74) is 1.18. The Morgan fingerprint density at radius 3 is 1.71 bits per heavy atom. The van der Waals surface area contributed by atoms with Crippen LogP contribution in [0.3, 0.4) is 0 Å². The van der Waals surface area contributed by atoms with Crippen molar-refractivity contribution in [2.45, 2.75) is 66.5 Å². The maximum atomic E-state index is 13.1. The monoisotopic (exact) mass is 293 g/mol. The molecule has 0 spiro atoms. The van der Waals surface area contributed by atoms with Gasteiger partial charge in [0, 0.05) is 12.1 Å². The van der Waals surface area contributed by atoms with Crippen LogP contribution in [0.25, 0.3) is 0 Å². The number of hydrogen-bond donors (Lipinski definition) is 1. The third-order valence-corrected chi connectivity index (χ3v) is 3.82. The zero-order chi connectivity index (χ0) is 16.0. The van der Waals surface area contributed by atoms with Crippen molar-refractivity contribution < 1.29 is 4.39 Å². The first-order chi connectivity index (χ1) is 9.79. The fourth-order valence-corrected chi connectivity index (χ4v) is 2.97. The number of hydrogen-bond acceptors (Lipinski definition) is 1. The van der Waals surface area contributed by atoms with E-state index in [1.54, 1.807) is 12.1 Å². The van der Waals surface area contributed by atoms with Crippen LogP contribution in [-0.2, 0) is 0 Å². The van der Waals surface area contributed by atoms with Gasteiger partial charge in [0.1, 0.15) is 5.82 Å². The molecule has 21 heavy (non-hydrogen) atoms. The van der Waals surface area contributed by atoms with E-state index in [0.29, 0.717) is 23.8 Å². The Morgan fingerprint density at radius 2 is 1.33 bits per heavy atom. The Bertz CT molecular complexity index is 385. The quantitative estimate of drug-likeness (QED) is 0.660. The standard InChI is InChI=1S/C19H32FN/c1-13(2)11-18(12-14(3)4)21-19(15(5)6)16-7-9-17(20)10-8-16/h7-10,13-15,18-19,21H,11-12H2,1-6H3. The molecule has 1 atom stereocenters. The van der Waals surface area contributed by atoms with Crippen molar-refractivity contribution in [2.24, 2.45) is 17.8 Å². The van der Waals surface area contributed by atoms with E-state index in [2.05, 4.69) is 46.9 Å². The molecule has 0 aromatic heterocycles. The summed E-state index contributed by atoms with van der Waals surface area (Å²) in [5.74, 6) is 1.68. The summed E-state index contributed by atoms with van der Waals surface area (Å²) in [6.45, 7) is 13.6. The third-order valence-electron chi connectivity index (χ3n) is 3.82. The van der Waals surface area contributed by atoms with Gasteiger partial charge in [0.25, 0.3) is 0 Å². The van der Waals surface area contributed by atoms with E-state index < -0.39 is 0 Å². The lowest BCUT2D eigenvalue weighted by Crippen LogP contribution is -2.37. The molecule has 1 unspecified atom stereocenters. The first kappa shape index (κ1) is 18.2. The molecule has 1 aromatic rings. The van der Waals surface area contributed by atoms with Gasteiger partial charge in [-0.15, -0.1) is 0 Å². The SMILES string of the molecule is CC(C)CC(CC(C)C)NC(c1ccc(F)cc1)C(C)C. The summed E-state index contributed by atoms with van der Waals surface area (Å²) >= 11 is 0. The first-order valence-corrected chi connectivity index (χ1v) is 8.31. The molecule has 120 valence electrons. The van der Waals surface area contributed by atoms with Gasteiger partial charge < -0.3 is 5.32 Å². The Balaban J connectivity index is 2.85. The summed E-state index contributed by atoms with van der Waals surface area (Å²) in [5, 5.41) is 3.83. The molecule has 0 aliphatic heterocycles. The minimum atomic E-state index is -0.165. The summed E-state index contributed by atoms with van der Waals surface area (Å²) in [6, 6.07) is 7.75. The van der Waals surface area contributed by atoms with Gasteiger partial charge in [-0.1, -0.05) is 53.7 Å². The van der Waals surface area contributed by atoms with Crippen LogP contribution >= 0.6 is 0 Å². The fourth-order valence-electron chi connectivity index (χ4n) is 2.97. The van der Waals surface area contributed by atoms with E-state index in [0.717, 1.165) is 0 Å². The Kier molecular flexibility index (Phi) is 7.37. The highest BCUT2D eigenvalue weighted by atomic mass is 19.1. The molecule has 0 heterocycles. The lowest BCUT2D eigenvalue weighted by molar-refractivity contribution is 0.293. The molecule has 0 fully saturated rings. The largest absolute Gasteiger partial charge is 0.307 e. The second kappa shape index (κ2) is 8.53. The highest BCUT2D eigenvalue weighted by molar-refractivity contribution is 5.20. The van der Waals surface area contributed by atoms with Crippen LogP contribution < -0.4 is 5.32 Å². The molecule has 0 aliphatic rings. The molecule has 0 bridgehead atoms. The zero-order valence-corrected chi connectivity index (χ0v) is 14.5. The summed E-state index contributed by atoms with van der Waals surface area (Å²) in [7, 11) is 0. The lowest BCUT2D eigenvalue weighted by atomic mass is 9.90. The number of benzene rings is 1. The first-order valence-electron chi connectivity index (χ1n) is 8.31. The smallest absolute Gasteiger partial charge is 0.123 e. The highest BCUT2D eigenvalue weighted by Gasteiger charge is 2.21. The molecule has 0 radical (unpaired) electrons. The van der Waals surface area contributed by atoms with Crippen LogP contribution in [0, 0.1) is 23.6 Å². The van der Waals surface area contributed by atoms with Crippen LogP contribution in [0.1, 0.15) is 66.0 Å². The van der Waals surface area contributed by atoms with Gasteiger partial charge in [0.05, 0.1) is 0 Å². The lowest BCUT2D eigenvalue weighted by Gasteiger charge is -2.31. The topological polar surface area (TPSA) is 12.0 Å². The van der Waals surface area contributed by atoms with Crippen molar-refractivity contribution in [3.05, 3.63) is 35.6 Å². The van der Waals surface area contributed by atoms with Crippen molar-refractivity contribution in [3.63, 3.8) is 0 Å². The summed E-state index contributed by atoms with van der Waals surface area (Å²) in [6.07, 6.45) is 2.37. The second-order valence-corrected chi connectivity index (χ2v) is 7.40. The maximum absolute atomic E-state index is 13.1. The third kappa shape index (κ3) is 6.60.